The van der Waals surface area contributed by atoms with Gasteiger partial charge in [0.25, 0.3) is 5.91 Å². The molecule has 3 aromatic rings. The summed E-state index contributed by atoms with van der Waals surface area (Å²) in [5.41, 5.74) is 1.59. The minimum atomic E-state index is -0.455. The summed E-state index contributed by atoms with van der Waals surface area (Å²) in [6.45, 7) is -0.0794. The molecule has 1 aliphatic rings. The number of thioether (sulfide) groups is 1. The number of hydrogen-bond donors (Lipinski definition) is 0. The van der Waals surface area contributed by atoms with Crippen LogP contribution in [0.5, 0.6) is 11.5 Å². The van der Waals surface area contributed by atoms with Crippen molar-refractivity contribution in [2.45, 2.75) is 6.61 Å². The molecule has 0 saturated carbocycles. The van der Waals surface area contributed by atoms with Gasteiger partial charge in [-0.25, -0.2) is 4.39 Å². The Balaban J connectivity index is 1.59. The van der Waals surface area contributed by atoms with Gasteiger partial charge in [-0.05, 0) is 60.2 Å². The smallest absolute Gasteiger partial charge is 0.270 e. The number of anilines is 1. The quantitative estimate of drug-likeness (QED) is 0.256. The molecule has 33 heavy (non-hydrogen) atoms. The predicted octanol–water partition coefficient (Wildman–Crippen LogP) is 7.13. The Morgan fingerprint density at radius 1 is 1.09 bits per heavy atom. The molecule has 0 atom stereocenters. The van der Waals surface area contributed by atoms with Crippen LogP contribution in [0.2, 0.25) is 10.0 Å². The number of carbonyl (C=O) groups excluding carboxylic acids is 1. The Kier molecular flexibility index (Phi) is 7.24. The molecule has 0 spiro atoms. The van der Waals surface area contributed by atoms with Crippen molar-refractivity contribution in [3.05, 3.63) is 92.6 Å². The van der Waals surface area contributed by atoms with Crippen LogP contribution in [0.25, 0.3) is 6.08 Å². The third kappa shape index (κ3) is 5.17. The molecule has 168 valence electrons. The summed E-state index contributed by atoms with van der Waals surface area (Å²) in [5, 5.41) is 0.846. The summed E-state index contributed by atoms with van der Waals surface area (Å²) >= 11 is 18.7. The largest absolute Gasteiger partial charge is 0.493 e. The van der Waals surface area contributed by atoms with Crippen molar-refractivity contribution in [1.82, 2.24) is 0 Å². The second-order valence-corrected chi connectivity index (χ2v) is 9.41. The van der Waals surface area contributed by atoms with Gasteiger partial charge in [0.2, 0.25) is 0 Å². The minimum absolute atomic E-state index is 0.0794. The van der Waals surface area contributed by atoms with Crippen LogP contribution in [-0.4, -0.2) is 17.3 Å². The first-order valence-electron chi connectivity index (χ1n) is 9.64. The Morgan fingerprint density at radius 3 is 2.55 bits per heavy atom. The van der Waals surface area contributed by atoms with E-state index in [9.17, 15) is 9.18 Å². The van der Waals surface area contributed by atoms with Crippen LogP contribution in [0, 0.1) is 5.82 Å². The van der Waals surface area contributed by atoms with Crippen molar-refractivity contribution in [2.24, 2.45) is 0 Å². The first kappa shape index (κ1) is 23.6. The number of methoxy groups -OCH3 is 1. The molecule has 0 unspecified atom stereocenters. The number of rotatable bonds is 6. The standard InChI is InChI=1S/C24H16Cl2FNO3S2/c1-30-20-10-5-14(11-21(20)31-13-17-18(26)3-2-4-19(17)27)12-22-23(29)28(24(32)33-22)16-8-6-15(25)7-9-16/h2-12H,13H2,1H3/b22-12-. The molecule has 0 N–H and O–H groups in total. The van der Waals surface area contributed by atoms with Crippen molar-refractivity contribution < 1.29 is 18.7 Å². The monoisotopic (exact) mass is 519 g/mol. The maximum absolute atomic E-state index is 14.1. The summed E-state index contributed by atoms with van der Waals surface area (Å²) in [7, 11) is 1.51. The van der Waals surface area contributed by atoms with Gasteiger partial charge in [-0.2, -0.15) is 0 Å². The van der Waals surface area contributed by atoms with Crippen LogP contribution in [0.3, 0.4) is 0 Å². The van der Waals surface area contributed by atoms with Crippen LogP contribution in [0.4, 0.5) is 10.1 Å². The normalized spacial score (nSPS) is 14.8. The van der Waals surface area contributed by atoms with Crippen LogP contribution in [0.1, 0.15) is 11.1 Å². The fraction of sp³-hybridized carbons (Fsp3) is 0.0833. The maximum Gasteiger partial charge on any atom is 0.270 e. The molecular weight excluding hydrogens is 504 g/mol. The van der Waals surface area contributed by atoms with E-state index in [0.717, 1.165) is 0 Å². The van der Waals surface area contributed by atoms with Crippen LogP contribution in [-0.2, 0) is 11.4 Å². The summed E-state index contributed by atoms with van der Waals surface area (Å²) in [6.07, 6.45) is 1.72. The topological polar surface area (TPSA) is 38.8 Å². The number of carbonyl (C=O) groups is 1. The van der Waals surface area contributed by atoms with Crippen LogP contribution >= 0.6 is 47.2 Å². The molecule has 3 aromatic carbocycles. The molecule has 0 bridgehead atoms. The van der Waals surface area contributed by atoms with E-state index in [4.69, 9.17) is 44.9 Å². The molecule has 0 aromatic heterocycles. The maximum atomic E-state index is 14.1. The van der Waals surface area contributed by atoms with E-state index in [1.54, 1.807) is 54.6 Å². The number of amides is 1. The van der Waals surface area contributed by atoms with Gasteiger partial charge < -0.3 is 9.47 Å². The zero-order valence-corrected chi connectivity index (χ0v) is 20.3. The van der Waals surface area contributed by atoms with Gasteiger partial charge in [-0.15, -0.1) is 0 Å². The van der Waals surface area contributed by atoms with E-state index in [0.29, 0.717) is 37.0 Å². The van der Waals surface area contributed by atoms with Gasteiger partial charge in [0.1, 0.15) is 12.4 Å². The third-order valence-corrected chi connectivity index (χ3v) is 6.71. The highest BCUT2D eigenvalue weighted by atomic mass is 35.5. The lowest BCUT2D eigenvalue weighted by molar-refractivity contribution is -0.113. The molecular formula is C24H16Cl2FNO3S2. The zero-order chi connectivity index (χ0) is 23.5. The summed E-state index contributed by atoms with van der Waals surface area (Å²) in [4.78, 5) is 14.9. The Bertz CT molecular complexity index is 1240. The number of halogens is 3. The molecule has 1 heterocycles. The number of nitrogens with zero attached hydrogens (tertiary/aromatic N) is 1. The Labute approximate surface area is 209 Å². The predicted molar refractivity (Wildman–Crippen MR) is 136 cm³/mol. The van der Waals surface area contributed by atoms with E-state index in [-0.39, 0.29) is 23.1 Å². The average molecular weight is 520 g/mol. The molecule has 4 nitrogen and oxygen atoms in total. The van der Waals surface area contributed by atoms with Crippen molar-refractivity contribution in [3.63, 3.8) is 0 Å². The van der Waals surface area contributed by atoms with E-state index >= 15 is 0 Å². The lowest BCUT2D eigenvalue weighted by Crippen LogP contribution is -2.27. The highest BCUT2D eigenvalue weighted by Gasteiger charge is 2.33. The first-order chi connectivity index (χ1) is 15.9. The highest BCUT2D eigenvalue weighted by molar-refractivity contribution is 8.27. The van der Waals surface area contributed by atoms with Gasteiger partial charge >= 0.3 is 0 Å². The van der Waals surface area contributed by atoms with Crippen LogP contribution < -0.4 is 14.4 Å². The first-order valence-corrected chi connectivity index (χ1v) is 11.6. The average Bonchev–Trinajstić information content (AvgIpc) is 3.07. The fourth-order valence-electron chi connectivity index (χ4n) is 3.15. The van der Waals surface area contributed by atoms with Crippen molar-refractivity contribution in [1.29, 1.82) is 0 Å². The Morgan fingerprint density at radius 2 is 1.85 bits per heavy atom. The van der Waals surface area contributed by atoms with E-state index < -0.39 is 5.82 Å². The van der Waals surface area contributed by atoms with E-state index in [1.807, 2.05) is 0 Å². The van der Waals surface area contributed by atoms with Crippen molar-refractivity contribution in [3.8, 4) is 11.5 Å². The van der Waals surface area contributed by atoms with Crippen molar-refractivity contribution in [2.75, 3.05) is 12.0 Å². The van der Waals surface area contributed by atoms with Gasteiger partial charge in [0, 0.05) is 10.6 Å². The molecule has 1 fully saturated rings. The van der Waals surface area contributed by atoms with Crippen molar-refractivity contribution >= 4 is 69.2 Å². The number of benzene rings is 3. The molecule has 0 aliphatic carbocycles. The van der Waals surface area contributed by atoms with Gasteiger partial charge in [0.15, 0.2) is 15.8 Å². The minimum Gasteiger partial charge on any atom is -0.493 e. The fourth-order valence-corrected chi connectivity index (χ4v) is 4.79. The van der Waals surface area contributed by atoms with E-state index in [2.05, 4.69) is 0 Å². The lowest BCUT2D eigenvalue weighted by Gasteiger charge is -2.14. The van der Waals surface area contributed by atoms with Gasteiger partial charge in [0.05, 0.1) is 22.7 Å². The molecule has 1 amide bonds. The molecule has 0 radical (unpaired) electrons. The summed E-state index contributed by atoms with van der Waals surface area (Å²) in [5.74, 6) is 0.166. The number of ether oxygens (including phenoxy) is 2. The molecule has 1 aliphatic heterocycles. The Hall–Kier alpha value is -2.58. The number of thiocarbonyl (C=S) groups is 1. The second kappa shape index (κ2) is 10.1. The summed E-state index contributed by atoms with van der Waals surface area (Å²) < 4.78 is 25.7. The highest BCUT2D eigenvalue weighted by Crippen LogP contribution is 2.37. The number of hydrogen-bond acceptors (Lipinski definition) is 5. The third-order valence-electron chi connectivity index (χ3n) is 4.80. The van der Waals surface area contributed by atoms with E-state index in [1.165, 1.54) is 35.9 Å². The molecule has 4 rings (SSSR count). The second-order valence-electron chi connectivity index (χ2n) is 6.89. The van der Waals surface area contributed by atoms with Gasteiger partial charge in [-0.3, -0.25) is 9.69 Å². The molecule has 9 heteroatoms. The summed E-state index contributed by atoms with van der Waals surface area (Å²) in [6, 6.07) is 16.5. The van der Waals surface area contributed by atoms with Crippen LogP contribution in [0.15, 0.2) is 65.6 Å². The molecule has 1 saturated heterocycles. The SMILES string of the molecule is COc1ccc(/C=C2\SC(=S)N(c3ccc(Cl)cc3)C2=O)cc1OCc1c(F)cccc1Cl. The lowest BCUT2D eigenvalue weighted by atomic mass is 10.1. The van der Waals surface area contributed by atoms with Gasteiger partial charge in [-0.1, -0.05) is 59.3 Å². The zero-order valence-electron chi connectivity index (χ0n) is 17.2.